The number of benzene rings is 1. The number of methoxy groups -OCH3 is 1. The third-order valence-corrected chi connectivity index (χ3v) is 2.33. The Morgan fingerprint density at radius 1 is 1.53 bits per heavy atom. The summed E-state index contributed by atoms with van der Waals surface area (Å²) in [5, 5.41) is 11.9. The van der Waals surface area contributed by atoms with Crippen LogP contribution < -0.4 is 14.6 Å². The van der Waals surface area contributed by atoms with Crippen molar-refractivity contribution in [2.75, 3.05) is 13.7 Å². The number of nitrogens with one attached hydrogen (secondary N) is 1. The number of rotatable bonds is 5. The summed E-state index contributed by atoms with van der Waals surface area (Å²) in [4.78, 5) is 11.4. The van der Waals surface area contributed by atoms with Gasteiger partial charge in [0.15, 0.2) is 11.5 Å². The molecular formula is C11H16NO4P. The summed E-state index contributed by atoms with van der Waals surface area (Å²) in [7, 11) is 3.70. The zero-order valence-electron chi connectivity index (χ0n) is 9.82. The highest BCUT2D eigenvalue weighted by Gasteiger charge is 2.15. The summed E-state index contributed by atoms with van der Waals surface area (Å²) < 4.78 is 10.3. The van der Waals surface area contributed by atoms with Crippen molar-refractivity contribution >= 4 is 15.4 Å². The van der Waals surface area contributed by atoms with Gasteiger partial charge in [0.2, 0.25) is 0 Å². The highest BCUT2D eigenvalue weighted by Crippen LogP contribution is 2.32. The Hall–Kier alpha value is -1.16. The highest BCUT2D eigenvalue weighted by molar-refractivity contribution is 7.13. The lowest BCUT2D eigenvalue weighted by Crippen LogP contribution is -2.20. The topological polar surface area (TPSA) is 67.8 Å². The Labute approximate surface area is 102 Å². The summed E-state index contributed by atoms with van der Waals surface area (Å²) in [5.41, 5.74) is 1.45. The van der Waals surface area contributed by atoms with Gasteiger partial charge in [0.1, 0.15) is 0 Å². The van der Waals surface area contributed by atoms with E-state index in [2.05, 4.69) is 14.5 Å². The zero-order valence-corrected chi connectivity index (χ0v) is 11.0. The molecule has 2 N–H and O–H groups in total. The van der Waals surface area contributed by atoms with E-state index < -0.39 is 5.97 Å². The van der Waals surface area contributed by atoms with E-state index in [0.717, 1.165) is 5.56 Å². The summed E-state index contributed by atoms with van der Waals surface area (Å²) in [6, 6.07) is 3.50. The minimum Gasteiger partial charge on any atom is -0.493 e. The van der Waals surface area contributed by atoms with E-state index in [9.17, 15) is 9.90 Å². The third-order valence-electron chi connectivity index (χ3n) is 2.13. The Morgan fingerprint density at radius 2 is 2.24 bits per heavy atom. The predicted molar refractivity (Wildman–Crippen MR) is 67.0 cm³/mol. The standard InChI is InChI=1S/C11H16NO4P/c1-7-3-8(6-13)11(9(4-7)15-2)16-10(14)5-12-17/h3-4,12-13H,5-6,17H2,1-2H3. The van der Waals surface area contributed by atoms with Gasteiger partial charge in [0.05, 0.1) is 20.3 Å². The summed E-state index contributed by atoms with van der Waals surface area (Å²) >= 11 is 0. The Bertz CT molecular complexity index is 383. The van der Waals surface area contributed by atoms with Crippen LogP contribution >= 0.6 is 9.39 Å². The normalized spacial score (nSPS) is 10.1. The van der Waals surface area contributed by atoms with E-state index in [-0.39, 0.29) is 18.9 Å². The molecule has 0 saturated carbocycles. The minimum absolute atomic E-state index is 0.0621. The average Bonchev–Trinajstić information content (AvgIpc) is 2.31. The molecule has 1 rings (SSSR count). The van der Waals surface area contributed by atoms with Crippen molar-refractivity contribution in [3.63, 3.8) is 0 Å². The van der Waals surface area contributed by atoms with Crippen molar-refractivity contribution < 1.29 is 19.4 Å². The second kappa shape index (κ2) is 6.55. The van der Waals surface area contributed by atoms with Crippen LogP contribution in [0, 0.1) is 6.92 Å². The largest absolute Gasteiger partial charge is 0.493 e. The first-order valence-electron chi connectivity index (χ1n) is 5.05. The van der Waals surface area contributed by atoms with Gasteiger partial charge in [0, 0.05) is 5.56 Å². The molecule has 0 radical (unpaired) electrons. The van der Waals surface area contributed by atoms with Crippen LogP contribution in [-0.4, -0.2) is 24.7 Å². The van der Waals surface area contributed by atoms with Crippen LogP contribution in [0.4, 0.5) is 0 Å². The van der Waals surface area contributed by atoms with E-state index in [1.807, 2.05) is 6.92 Å². The molecule has 0 aliphatic heterocycles. The van der Waals surface area contributed by atoms with Gasteiger partial charge < -0.3 is 14.6 Å². The molecular weight excluding hydrogens is 241 g/mol. The van der Waals surface area contributed by atoms with Crippen LogP contribution in [0.25, 0.3) is 0 Å². The zero-order chi connectivity index (χ0) is 12.8. The number of aliphatic hydroxyl groups excluding tert-OH is 1. The fraction of sp³-hybridized carbons (Fsp3) is 0.364. The molecule has 0 aliphatic carbocycles. The van der Waals surface area contributed by atoms with E-state index in [0.29, 0.717) is 11.3 Å². The number of aryl methyl sites for hydroxylation is 1. The summed E-state index contributed by atoms with van der Waals surface area (Å²) in [6.07, 6.45) is 0. The maximum atomic E-state index is 11.4. The molecule has 6 heteroatoms. The number of carbonyl (C=O) groups is 1. The molecule has 0 saturated heterocycles. The maximum absolute atomic E-state index is 11.4. The fourth-order valence-corrected chi connectivity index (χ4v) is 1.60. The predicted octanol–water partition coefficient (Wildman–Crippen LogP) is 0.781. The summed E-state index contributed by atoms with van der Waals surface area (Å²) in [6.45, 7) is 1.72. The average molecular weight is 257 g/mol. The number of esters is 1. The van der Waals surface area contributed by atoms with Gasteiger partial charge in [-0.15, -0.1) is 0 Å². The first-order chi connectivity index (χ1) is 8.12. The monoisotopic (exact) mass is 257 g/mol. The maximum Gasteiger partial charge on any atom is 0.325 e. The van der Waals surface area contributed by atoms with Gasteiger partial charge >= 0.3 is 5.97 Å². The smallest absolute Gasteiger partial charge is 0.325 e. The Kier molecular flexibility index (Phi) is 5.35. The number of hydrogen-bond acceptors (Lipinski definition) is 5. The van der Waals surface area contributed by atoms with E-state index in [1.165, 1.54) is 7.11 Å². The molecule has 0 spiro atoms. The SMILES string of the molecule is COc1cc(C)cc(CO)c1OC(=O)CNP. The molecule has 0 fully saturated rings. The van der Waals surface area contributed by atoms with Crippen molar-refractivity contribution in [1.82, 2.24) is 5.09 Å². The lowest BCUT2D eigenvalue weighted by Gasteiger charge is -2.13. The number of carbonyl (C=O) groups excluding carboxylic acids is 1. The Morgan fingerprint density at radius 3 is 2.76 bits per heavy atom. The molecule has 1 atom stereocenters. The van der Waals surface area contributed by atoms with Gasteiger partial charge in [-0.25, -0.2) is 0 Å². The molecule has 1 unspecified atom stereocenters. The van der Waals surface area contributed by atoms with Crippen LogP contribution in [0.2, 0.25) is 0 Å². The molecule has 0 amide bonds. The Balaban J connectivity index is 3.06. The van der Waals surface area contributed by atoms with Gasteiger partial charge in [-0.3, -0.25) is 9.88 Å². The van der Waals surface area contributed by atoms with Crippen LogP contribution in [0.5, 0.6) is 11.5 Å². The quantitative estimate of drug-likeness (QED) is 0.463. The minimum atomic E-state index is -0.447. The fourth-order valence-electron chi connectivity index (χ4n) is 1.43. The van der Waals surface area contributed by atoms with E-state index in [1.54, 1.807) is 12.1 Å². The van der Waals surface area contributed by atoms with Gasteiger partial charge in [-0.05, 0) is 24.6 Å². The molecule has 94 valence electrons. The van der Waals surface area contributed by atoms with E-state index >= 15 is 0 Å². The van der Waals surface area contributed by atoms with Crippen molar-refractivity contribution in [2.45, 2.75) is 13.5 Å². The molecule has 0 aromatic heterocycles. The van der Waals surface area contributed by atoms with Crippen molar-refractivity contribution in [2.24, 2.45) is 0 Å². The van der Waals surface area contributed by atoms with Crippen LogP contribution in [-0.2, 0) is 11.4 Å². The molecule has 17 heavy (non-hydrogen) atoms. The van der Waals surface area contributed by atoms with Crippen LogP contribution in [0.15, 0.2) is 12.1 Å². The lowest BCUT2D eigenvalue weighted by atomic mass is 10.1. The highest BCUT2D eigenvalue weighted by atomic mass is 31.0. The van der Waals surface area contributed by atoms with Crippen LogP contribution in [0.1, 0.15) is 11.1 Å². The first-order valence-corrected chi connectivity index (χ1v) is 5.62. The second-order valence-electron chi connectivity index (χ2n) is 3.47. The lowest BCUT2D eigenvalue weighted by molar-refractivity contribution is -0.133. The molecule has 1 aromatic carbocycles. The molecule has 1 aromatic rings. The van der Waals surface area contributed by atoms with Crippen molar-refractivity contribution in [1.29, 1.82) is 0 Å². The second-order valence-corrected chi connectivity index (χ2v) is 3.88. The number of ether oxygens (including phenoxy) is 2. The molecule has 0 aliphatic rings. The molecule has 0 bridgehead atoms. The van der Waals surface area contributed by atoms with Crippen LogP contribution in [0.3, 0.4) is 0 Å². The van der Waals surface area contributed by atoms with E-state index in [4.69, 9.17) is 9.47 Å². The van der Waals surface area contributed by atoms with Gasteiger partial charge in [-0.2, -0.15) is 0 Å². The van der Waals surface area contributed by atoms with Gasteiger partial charge in [0.25, 0.3) is 0 Å². The molecule has 0 heterocycles. The van der Waals surface area contributed by atoms with Crippen molar-refractivity contribution in [3.8, 4) is 11.5 Å². The van der Waals surface area contributed by atoms with Crippen molar-refractivity contribution in [3.05, 3.63) is 23.3 Å². The number of aliphatic hydroxyl groups is 1. The number of hydrogen-bond donors (Lipinski definition) is 2. The molecule has 5 nitrogen and oxygen atoms in total. The summed E-state index contributed by atoms with van der Waals surface area (Å²) in [5.74, 6) is 0.258. The third kappa shape index (κ3) is 3.66. The first kappa shape index (κ1) is 13.9. The van der Waals surface area contributed by atoms with Gasteiger partial charge in [-0.1, -0.05) is 9.39 Å².